The molecule has 1 heterocycles. The van der Waals surface area contributed by atoms with E-state index in [0.29, 0.717) is 24.4 Å². The summed E-state index contributed by atoms with van der Waals surface area (Å²) in [5.74, 6) is -0.248. The van der Waals surface area contributed by atoms with E-state index in [1.54, 1.807) is 37.3 Å². The van der Waals surface area contributed by atoms with Crippen molar-refractivity contribution in [3.8, 4) is 0 Å². The van der Waals surface area contributed by atoms with Crippen LogP contribution in [0.25, 0.3) is 0 Å². The van der Waals surface area contributed by atoms with Crippen LogP contribution in [0.1, 0.15) is 36.1 Å². The molecular weight excluding hydrogens is 400 g/mol. The maximum atomic E-state index is 12.0. The Hall–Kier alpha value is -2.43. The number of furan rings is 1. The van der Waals surface area contributed by atoms with Crippen LogP contribution in [0.4, 0.5) is 0 Å². The smallest absolute Gasteiger partial charge is 0.875 e. The SMILES string of the molecule is CCOC(=O)CCc1ccc(C(=O)CC([O-])=C2C=CC=C2)o1.[CH]1[CH][CH-]C=C1.[Fe+2]. The molecule has 0 aliphatic heterocycles. The summed E-state index contributed by atoms with van der Waals surface area (Å²) in [5, 5.41) is 11.9. The normalized spacial score (nSPS) is 13.4. The van der Waals surface area contributed by atoms with E-state index < -0.39 is 0 Å². The second kappa shape index (κ2) is 12.9. The number of ketones is 1. The van der Waals surface area contributed by atoms with Gasteiger partial charge in [-0.1, -0.05) is 24.3 Å². The summed E-state index contributed by atoms with van der Waals surface area (Å²) < 4.78 is 10.2. The van der Waals surface area contributed by atoms with Crippen molar-refractivity contribution in [2.24, 2.45) is 0 Å². The number of ether oxygens (including phenoxy) is 1. The molecule has 5 nitrogen and oxygen atoms in total. The van der Waals surface area contributed by atoms with Crippen LogP contribution >= 0.6 is 0 Å². The van der Waals surface area contributed by atoms with Crippen molar-refractivity contribution in [1.29, 1.82) is 0 Å². The number of esters is 1. The minimum atomic E-state index is -0.367. The molecule has 0 N–H and O–H groups in total. The Morgan fingerprint density at radius 1 is 1.18 bits per heavy atom. The molecule has 0 saturated heterocycles. The van der Waals surface area contributed by atoms with Crippen LogP contribution in [0.15, 0.2) is 64.3 Å². The van der Waals surface area contributed by atoms with Gasteiger partial charge in [-0.15, -0.1) is 18.6 Å². The molecule has 1 aromatic heterocycles. The number of Topliss-reactive ketones (excluding diaryl/α,β-unsaturated/α-hetero) is 1. The van der Waals surface area contributed by atoms with Crippen LogP contribution in [0.3, 0.4) is 0 Å². The molecule has 2 aliphatic carbocycles. The summed E-state index contributed by atoms with van der Waals surface area (Å²) in [6, 6.07) is 3.17. The van der Waals surface area contributed by atoms with Gasteiger partial charge in [-0.2, -0.15) is 0 Å². The zero-order valence-corrected chi connectivity index (χ0v) is 16.7. The Labute approximate surface area is 176 Å². The van der Waals surface area contributed by atoms with Crippen LogP contribution < -0.4 is 5.11 Å². The van der Waals surface area contributed by atoms with Crippen LogP contribution in [0, 0.1) is 19.3 Å². The van der Waals surface area contributed by atoms with E-state index in [2.05, 4.69) is 0 Å². The molecule has 0 atom stereocenters. The summed E-state index contributed by atoms with van der Waals surface area (Å²) in [6.45, 7) is 2.08. The summed E-state index contributed by atoms with van der Waals surface area (Å²) in [7, 11) is 0. The van der Waals surface area contributed by atoms with E-state index in [1.165, 1.54) is 6.07 Å². The van der Waals surface area contributed by atoms with E-state index in [4.69, 9.17) is 9.15 Å². The minimum absolute atomic E-state index is 0. The number of rotatable bonds is 7. The van der Waals surface area contributed by atoms with Crippen molar-refractivity contribution in [3.63, 3.8) is 0 Å². The fraction of sp³-hybridized carbons (Fsp3) is 0.227. The van der Waals surface area contributed by atoms with Crippen molar-refractivity contribution in [1.82, 2.24) is 0 Å². The molecule has 0 bridgehead atoms. The Morgan fingerprint density at radius 3 is 2.50 bits per heavy atom. The van der Waals surface area contributed by atoms with E-state index in [1.807, 2.05) is 31.4 Å². The topological polar surface area (TPSA) is 79.6 Å². The summed E-state index contributed by atoms with van der Waals surface area (Å²) in [6.07, 6.45) is 17.2. The van der Waals surface area contributed by atoms with Crippen LogP contribution in [-0.2, 0) is 33.0 Å². The predicted octanol–water partition coefficient (Wildman–Crippen LogP) is 3.26. The number of allylic oxidation sites excluding steroid dienone is 8. The van der Waals surface area contributed by atoms with Gasteiger partial charge in [-0.3, -0.25) is 9.59 Å². The Morgan fingerprint density at radius 2 is 1.93 bits per heavy atom. The third-order valence-electron chi connectivity index (χ3n) is 3.68. The average Bonchev–Trinajstić information content (AvgIpc) is 3.44. The molecule has 1 aromatic rings. The molecule has 148 valence electrons. The van der Waals surface area contributed by atoms with Crippen LogP contribution in [0.5, 0.6) is 0 Å². The number of carbonyl (C=O) groups is 2. The van der Waals surface area contributed by atoms with Gasteiger partial charge in [-0.25, -0.2) is 18.6 Å². The quantitative estimate of drug-likeness (QED) is 0.222. The number of hydrogen-bond acceptors (Lipinski definition) is 5. The third kappa shape index (κ3) is 8.07. The molecule has 0 saturated carbocycles. The molecular formula is C22H22FeO5. The van der Waals surface area contributed by atoms with E-state index >= 15 is 0 Å². The summed E-state index contributed by atoms with van der Waals surface area (Å²) in [5.41, 5.74) is 0.516. The number of aryl methyl sites for hydroxylation is 1. The van der Waals surface area contributed by atoms with Gasteiger partial charge in [-0.05, 0) is 24.6 Å². The van der Waals surface area contributed by atoms with Gasteiger partial charge >= 0.3 is 23.0 Å². The zero-order chi connectivity index (χ0) is 19.5. The third-order valence-corrected chi connectivity index (χ3v) is 3.68. The van der Waals surface area contributed by atoms with Crippen LogP contribution in [0.2, 0.25) is 0 Å². The first-order valence-electron chi connectivity index (χ1n) is 8.79. The van der Waals surface area contributed by atoms with E-state index in [0.717, 1.165) is 0 Å². The Bertz CT molecular complexity index is 748. The van der Waals surface area contributed by atoms with Crippen molar-refractivity contribution in [3.05, 3.63) is 90.7 Å². The molecule has 0 aromatic carbocycles. The molecule has 6 heteroatoms. The number of hydrogen-bond donors (Lipinski definition) is 0. The Kier molecular flexibility index (Phi) is 10.8. The van der Waals surface area contributed by atoms with Crippen molar-refractivity contribution in [2.75, 3.05) is 6.61 Å². The van der Waals surface area contributed by atoms with Gasteiger partial charge in [0.25, 0.3) is 0 Å². The molecule has 2 radical (unpaired) electrons. The zero-order valence-electron chi connectivity index (χ0n) is 15.6. The van der Waals surface area contributed by atoms with Gasteiger partial charge in [0.15, 0.2) is 5.76 Å². The standard InChI is InChI=1S/C17H18O5.C5H5.Fe/c1-2-21-17(20)10-8-13-7-9-16(22-13)15(19)11-14(18)12-5-3-4-6-12;1-2-4-5-3-1;/h3-7,9,18H,2,8,10-11H2,1H3;1-5H;/q;-1;+2/p-1. The summed E-state index contributed by atoms with van der Waals surface area (Å²) in [4.78, 5) is 23.3. The molecule has 2 aliphatic rings. The second-order valence-corrected chi connectivity index (χ2v) is 5.73. The van der Waals surface area contributed by atoms with Crippen molar-refractivity contribution < 1.29 is 40.9 Å². The largest absolute Gasteiger partial charge is 2.00 e. The van der Waals surface area contributed by atoms with Gasteiger partial charge in [0.05, 0.1) is 13.0 Å². The first-order valence-corrected chi connectivity index (χ1v) is 8.79. The van der Waals surface area contributed by atoms with Gasteiger partial charge in [0.2, 0.25) is 5.78 Å². The fourth-order valence-electron chi connectivity index (χ4n) is 2.34. The summed E-state index contributed by atoms with van der Waals surface area (Å²) >= 11 is 0. The van der Waals surface area contributed by atoms with Crippen molar-refractivity contribution in [2.45, 2.75) is 26.2 Å². The monoisotopic (exact) mass is 422 g/mol. The average molecular weight is 422 g/mol. The maximum Gasteiger partial charge on any atom is 2.00 e. The molecule has 3 rings (SSSR count). The van der Waals surface area contributed by atoms with Gasteiger partial charge in [0.1, 0.15) is 5.76 Å². The van der Waals surface area contributed by atoms with Crippen LogP contribution in [-0.4, -0.2) is 18.4 Å². The molecule has 0 unspecified atom stereocenters. The van der Waals surface area contributed by atoms with E-state index in [9.17, 15) is 14.7 Å². The first-order chi connectivity index (χ1) is 13.1. The molecule has 0 fully saturated rings. The molecule has 0 spiro atoms. The van der Waals surface area contributed by atoms with E-state index in [-0.39, 0.29) is 53.2 Å². The van der Waals surface area contributed by atoms with Gasteiger partial charge < -0.3 is 14.3 Å². The predicted molar refractivity (Wildman–Crippen MR) is 100.0 cm³/mol. The number of carbonyl (C=O) groups excluding carboxylic acids is 2. The molecule has 28 heavy (non-hydrogen) atoms. The Balaban J connectivity index is 0.000000567. The first kappa shape index (κ1) is 23.6. The maximum absolute atomic E-state index is 12.0. The van der Waals surface area contributed by atoms with Gasteiger partial charge in [0, 0.05) is 12.8 Å². The fourth-order valence-corrected chi connectivity index (χ4v) is 2.34. The second-order valence-electron chi connectivity index (χ2n) is 5.73. The minimum Gasteiger partial charge on any atom is -0.875 e. The molecule has 0 amide bonds. The van der Waals surface area contributed by atoms with Crippen molar-refractivity contribution >= 4 is 11.8 Å².